The van der Waals surface area contributed by atoms with Gasteiger partial charge in [0.25, 0.3) is 5.91 Å². The number of nitrogens with one attached hydrogen (secondary N) is 1. The number of aromatic nitrogens is 2. The molecule has 1 aromatic heterocycles. The second-order valence-electron chi connectivity index (χ2n) is 5.87. The summed E-state index contributed by atoms with van der Waals surface area (Å²) < 4.78 is 31.4. The summed E-state index contributed by atoms with van der Waals surface area (Å²) in [5, 5.41) is 2.68. The Labute approximate surface area is 155 Å². The van der Waals surface area contributed by atoms with Gasteiger partial charge < -0.3 is 10.1 Å². The molecule has 138 valence electrons. The van der Waals surface area contributed by atoms with Crippen LogP contribution in [0.2, 0.25) is 0 Å². The van der Waals surface area contributed by atoms with Gasteiger partial charge in [-0.3, -0.25) is 4.79 Å². The van der Waals surface area contributed by atoms with E-state index in [0.717, 1.165) is 5.56 Å². The molecule has 0 saturated heterocycles. The Balaban J connectivity index is 1.59. The predicted octanol–water partition coefficient (Wildman–Crippen LogP) is 3.43. The molecule has 0 atom stereocenters. The average molecular weight is 369 g/mol. The van der Waals surface area contributed by atoms with Crippen molar-refractivity contribution in [3.63, 3.8) is 0 Å². The van der Waals surface area contributed by atoms with Gasteiger partial charge in [0.2, 0.25) is 5.88 Å². The van der Waals surface area contributed by atoms with Crippen LogP contribution in [-0.4, -0.2) is 22.5 Å². The number of halogens is 2. The van der Waals surface area contributed by atoms with Crippen LogP contribution in [0.3, 0.4) is 0 Å². The second-order valence-corrected chi connectivity index (χ2v) is 5.87. The molecule has 7 heteroatoms. The summed E-state index contributed by atoms with van der Waals surface area (Å²) in [5.74, 6) is -0.375. The van der Waals surface area contributed by atoms with Gasteiger partial charge in [-0.05, 0) is 48.9 Å². The Morgan fingerprint density at radius 3 is 2.30 bits per heavy atom. The van der Waals surface area contributed by atoms with Crippen molar-refractivity contribution in [1.29, 1.82) is 0 Å². The predicted molar refractivity (Wildman–Crippen MR) is 95.9 cm³/mol. The van der Waals surface area contributed by atoms with Gasteiger partial charge >= 0.3 is 0 Å². The smallest absolute Gasteiger partial charge is 0.258 e. The number of nitrogens with zero attached hydrogens (tertiary/aromatic N) is 2. The first-order chi connectivity index (χ1) is 13.0. The number of ether oxygens (including phenoxy) is 1. The molecule has 3 rings (SSSR count). The maximum atomic E-state index is 13.1. The minimum Gasteiger partial charge on any atom is -0.467 e. The number of benzene rings is 2. The topological polar surface area (TPSA) is 64.1 Å². The maximum Gasteiger partial charge on any atom is 0.258 e. The van der Waals surface area contributed by atoms with Gasteiger partial charge in [-0.25, -0.2) is 13.8 Å². The summed E-state index contributed by atoms with van der Waals surface area (Å²) >= 11 is 0. The van der Waals surface area contributed by atoms with Crippen molar-refractivity contribution in [1.82, 2.24) is 15.3 Å². The minimum atomic E-state index is -0.347. The van der Waals surface area contributed by atoms with E-state index in [1.54, 1.807) is 37.3 Å². The van der Waals surface area contributed by atoms with Crippen LogP contribution in [-0.2, 0) is 11.3 Å². The fourth-order valence-corrected chi connectivity index (χ4v) is 2.34. The Bertz CT molecular complexity index is 929. The van der Waals surface area contributed by atoms with Crippen LogP contribution in [0, 0.1) is 18.6 Å². The van der Waals surface area contributed by atoms with E-state index in [1.807, 2.05) is 0 Å². The molecule has 0 saturated carbocycles. The molecule has 0 radical (unpaired) electrons. The Morgan fingerprint density at radius 1 is 1.00 bits per heavy atom. The maximum absolute atomic E-state index is 13.1. The standard InChI is InChI=1S/C20H17F2N3O2/c1-13-10-19(25-20(24-13)15-4-8-17(22)9-5-15)27-12-18(26)23-11-14-2-6-16(21)7-3-14/h2-10H,11-12H2,1H3,(H,23,26). The van der Waals surface area contributed by atoms with E-state index in [4.69, 9.17) is 4.74 Å². The number of aryl methyl sites for hydroxylation is 1. The highest BCUT2D eigenvalue weighted by Gasteiger charge is 2.09. The van der Waals surface area contributed by atoms with Crippen LogP contribution < -0.4 is 10.1 Å². The largest absolute Gasteiger partial charge is 0.467 e. The van der Waals surface area contributed by atoms with Gasteiger partial charge in [-0.15, -0.1) is 0 Å². The number of carbonyl (C=O) groups is 1. The molecule has 5 nitrogen and oxygen atoms in total. The van der Waals surface area contributed by atoms with Crippen LogP contribution in [0.25, 0.3) is 11.4 Å². The second kappa shape index (κ2) is 8.35. The molecule has 0 unspecified atom stereocenters. The summed E-state index contributed by atoms with van der Waals surface area (Å²) in [6.07, 6.45) is 0. The number of carbonyl (C=O) groups excluding carboxylic acids is 1. The molecular formula is C20H17F2N3O2. The Morgan fingerprint density at radius 2 is 1.63 bits per heavy atom. The molecule has 0 aliphatic rings. The lowest BCUT2D eigenvalue weighted by Crippen LogP contribution is -2.28. The highest BCUT2D eigenvalue weighted by molar-refractivity contribution is 5.77. The van der Waals surface area contributed by atoms with Gasteiger partial charge in [0.1, 0.15) is 11.6 Å². The van der Waals surface area contributed by atoms with Crippen molar-refractivity contribution in [2.75, 3.05) is 6.61 Å². The third-order valence-corrected chi connectivity index (χ3v) is 3.69. The first-order valence-corrected chi connectivity index (χ1v) is 8.25. The van der Waals surface area contributed by atoms with Crippen molar-refractivity contribution >= 4 is 5.91 Å². The lowest BCUT2D eigenvalue weighted by atomic mass is 10.2. The number of rotatable bonds is 6. The molecular weight excluding hydrogens is 352 g/mol. The molecule has 1 amide bonds. The van der Waals surface area contributed by atoms with Crippen molar-refractivity contribution in [2.24, 2.45) is 0 Å². The monoisotopic (exact) mass is 369 g/mol. The third kappa shape index (κ3) is 5.31. The van der Waals surface area contributed by atoms with Gasteiger partial charge in [0.05, 0.1) is 0 Å². The quantitative estimate of drug-likeness (QED) is 0.723. The molecule has 0 spiro atoms. The van der Waals surface area contributed by atoms with Crippen LogP contribution in [0.5, 0.6) is 5.88 Å². The van der Waals surface area contributed by atoms with E-state index in [2.05, 4.69) is 15.3 Å². The first kappa shape index (κ1) is 18.4. The molecule has 1 N–H and O–H groups in total. The fraction of sp³-hybridized carbons (Fsp3) is 0.150. The zero-order chi connectivity index (χ0) is 19.2. The normalized spacial score (nSPS) is 10.5. The van der Waals surface area contributed by atoms with Crippen molar-refractivity contribution < 1.29 is 18.3 Å². The number of hydrogen-bond donors (Lipinski definition) is 1. The van der Waals surface area contributed by atoms with Crippen LogP contribution in [0.4, 0.5) is 8.78 Å². The summed E-state index contributed by atoms with van der Waals surface area (Å²) in [5.41, 5.74) is 2.08. The molecule has 27 heavy (non-hydrogen) atoms. The van der Waals surface area contributed by atoms with Crippen molar-refractivity contribution in [3.8, 4) is 17.3 Å². The van der Waals surface area contributed by atoms with Gasteiger partial charge in [-0.1, -0.05) is 12.1 Å². The van der Waals surface area contributed by atoms with E-state index in [0.29, 0.717) is 17.1 Å². The van der Waals surface area contributed by atoms with Crippen LogP contribution >= 0.6 is 0 Å². The fourth-order valence-electron chi connectivity index (χ4n) is 2.34. The Kier molecular flexibility index (Phi) is 5.71. The molecule has 0 aliphatic carbocycles. The summed E-state index contributed by atoms with van der Waals surface area (Å²) in [6, 6.07) is 13.3. The zero-order valence-electron chi connectivity index (χ0n) is 14.6. The van der Waals surface area contributed by atoms with E-state index < -0.39 is 0 Å². The lowest BCUT2D eigenvalue weighted by molar-refractivity contribution is -0.123. The SMILES string of the molecule is Cc1cc(OCC(=O)NCc2ccc(F)cc2)nc(-c2ccc(F)cc2)n1. The third-order valence-electron chi connectivity index (χ3n) is 3.69. The van der Waals surface area contributed by atoms with Gasteiger partial charge in [0.15, 0.2) is 12.4 Å². The number of amides is 1. The first-order valence-electron chi connectivity index (χ1n) is 8.25. The zero-order valence-corrected chi connectivity index (χ0v) is 14.6. The van der Waals surface area contributed by atoms with Gasteiger partial charge in [0, 0.05) is 23.9 Å². The van der Waals surface area contributed by atoms with Crippen LogP contribution in [0.1, 0.15) is 11.3 Å². The van der Waals surface area contributed by atoms with Gasteiger partial charge in [-0.2, -0.15) is 4.98 Å². The molecule has 0 aliphatic heterocycles. The average Bonchev–Trinajstić information content (AvgIpc) is 2.66. The van der Waals surface area contributed by atoms with Crippen molar-refractivity contribution in [3.05, 3.63) is 77.5 Å². The van der Waals surface area contributed by atoms with E-state index in [1.165, 1.54) is 24.3 Å². The lowest BCUT2D eigenvalue weighted by Gasteiger charge is -2.09. The van der Waals surface area contributed by atoms with Crippen LogP contribution in [0.15, 0.2) is 54.6 Å². The number of hydrogen-bond acceptors (Lipinski definition) is 4. The Hall–Kier alpha value is -3.35. The molecule has 2 aromatic carbocycles. The molecule has 1 heterocycles. The summed E-state index contributed by atoms with van der Waals surface area (Å²) in [7, 11) is 0. The van der Waals surface area contributed by atoms with E-state index in [-0.39, 0.29) is 36.6 Å². The van der Waals surface area contributed by atoms with E-state index in [9.17, 15) is 13.6 Å². The summed E-state index contributed by atoms with van der Waals surface area (Å²) in [4.78, 5) is 20.5. The van der Waals surface area contributed by atoms with E-state index >= 15 is 0 Å². The highest BCUT2D eigenvalue weighted by atomic mass is 19.1. The van der Waals surface area contributed by atoms with Crippen molar-refractivity contribution in [2.45, 2.75) is 13.5 Å². The molecule has 0 fully saturated rings. The highest BCUT2D eigenvalue weighted by Crippen LogP contribution is 2.19. The summed E-state index contributed by atoms with van der Waals surface area (Å²) in [6.45, 7) is 1.82. The molecule has 0 bridgehead atoms. The minimum absolute atomic E-state index is 0.222. The molecule has 3 aromatic rings.